The Morgan fingerprint density at radius 2 is 2.41 bits per heavy atom. The first-order valence-corrected chi connectivity index (χ1v) is 5.99. The number of nitriles is 1. The third kappa shape index (κ3) is 3.14. The molecule has 2 rings (SSSR count). The minimum atomic E-state index is 0.350. The predicted octanol–water partition coefficient (Wildman–Crippen LogP) is 1.15. The maximum absolute atomic E-state index is 8.63. The first kappa shape index (κ1) is 11.8. The molecule has 2 atom stereocenters. The Bertz CT molecular complexity index is 388. The van der Waals surface area contributed by atoms with Crippen molar-refractivity contribution in [3.8, 4) is 6.07 Å². The summed E-state index contributed by atoms with van der Waals surface area (Å²) in [5, 5.41) is 15.4. The van der Waals surface area contributed by atoms with Gasteiger partial charge < -0.3 is 10.6 Å². The molecule has 0 saturated carbocycles. The summed E-state index contributed by atoms with van der Waals surface area (Å²) < 4.78 is 0. The maximum Gasteiger partial charge on any atom is 0.158 e. The zero-order valence-electron chi connectivity index (χ0n) is 9.98. The zero-order chi connectivity index (χ0) is 12.1. The molecule has 2 N–H and O–H groups in total. The Balaban J connectivity index is 1.92. The van der Waals surface area contributed by atoms with Crippen molar-refractivity contribution in [1.29, 1.82) is 5.26 Å². The first-order valence-electron chi connectivity index (χ1n) is 5.99. The standard InChI is InChI=1S/C12H17N5/c1-9(10-3-2-4-14-6-10)17-12-8-15-11(5-13)7-16-12/h7-10,14H,2-4,6H2,1H3,(H,16,17). The summed E-state index contributed by atoms with van der Waals surface area (Å²) in [5.74, 6) is 1.36. The van der Waals surface area contributed by atoms with E-state index in [-0.39, 0.29) is 0 Å². The number of hydrogen-bond donors (Lipinski definition) is 2. The van der Waals surface area contributed by atoms with Gasteiger partial charge in [-0.25, -0.2) is 9.97 Å². The van der Waals surface area contributed by atoms with Crippen molar-refractivity contribution in [2.45, 2.75) is 25.8 Å². The van der Waals surface area contributed by atoms with Gasteiger partial charge in [0.25, 0.3) is 0 Å². The lowest BCUT2D eigenvalue weighted by molar-refractivity contribution is 0.346. The molecule has 1 aliphatic rings. The number of hydrogen-bond acceptors (Lipinski definition) is 5. The van der Waals surface area contributed by atoms with Crippen molar-refractivity contribution in [1.82, 2.24) is 15.3 Å². The second-order valence-electron chi connectivity index (χ2n) is 4.44. The van der Waals surface area contributed by atoms with Crippen molar-refractivity contribution >= 4 is 5.82 Å². The van der Waals surface area contributed by atoms with E-state index in [1.54, 1.807) is 6.20 Å². The predicted molar refractivity (Wildman–Crippen MR) is 65.4 cm³/mol. The van der Waals surface area contributed by atoms with Gasteiger partial charge in [-0.15, -0.1) is 0 Å². The van der Waals surface area contributed by atoms with Crippen LogP contribution in [0.2, 0.25) is 0 Å². The molecule has 0 amide bonds. The van der Waals surface area contributed by atoms with E-state index in [1.807, 2.05) is 6.07 Å². The smallest absolute Gasteiger partial charge is 0.158 e. The van der Waals surface area contributed by atoms with Crippen LogP contribution in [0.15, 0.2) is 12.4 Å². The summed E-state index contributed by atoms with van der Waals surface area (Å²) in [7, 11) is 0. The fourth-order valence-electron chi connectivity index (χ4n) is 2.12. The molecule has 0 radical (unpaired) electrons. The molecular formula is C12H17N5. The highest BCUT2D eigenvalue weighted by atomic mass is 15.0. The topological polar surface area (TPSA) is 73.6 Å². The van der Waals surface area contributed by atoms with Crippen LogP contribution in [0.3, 0.4) is 0 Å². The molecule has 0 spiro atoms. The van der Waals surface area contributed by atoms with Crippen molar-refractivity contribution in [2.75, 3.05) is 18.4 Å². The highest BCUT2D eigenvalue weighted by Gasteiger charge is 2.19. The molecule has 1 aliphatic heterocycles. The van der Waals surface area contributed by atoms with E-state index in [0.29, 0.717) is 17.7 Å². The van der Waals surface area contributed by atoms with Gasteiger partial charge in [0, 0.05) is 6.04 Å². The van der Waals surface area contributed by atoms with Crippen molar-refractivity contribution in [2.24, 2.45) is 5.92 Å². The van der Waals surface area contributed by atoms with Crippen LogP contribution in [0.25, 0.3) is 0 Å². The van der Waals surface area contributed by atoms with Crippen LogP contribution >= 0.6 is 0 Å². The van der Waals surface area contributed by atoms with Crippen LogP contribution in [-0.2, 0) is 0 Å². The molecule has 2 unspecified atom stereocenters. The lowest BCUT2D eigenvalue weighted by Gasteiger charge is -2.29. The van der Waals surface area contributed by atoms with Crippen LogP contribution in [0.1, 0.15) is 25.5 Å². The van der Waals surface area contributed by atoms with Gasteiger partial charge in [-0.2, -0.15) is 5.26 Å². The van der Waals surface area contributed by atoms with Gasteiger partial charge in [0.15, 0.2) is 5.69 Å². The average Bonchev–Trinajstić information content (AvgIpc) is 2.40. The van der Waals surface area contributed by atoms with Gasteiger partial charge in [0.2, 0.25) is 0 Å². The van der Waals surface area contributed by atoms with Crippen LogP contribution < -0.4 is 10.6 Å². The Morgan fingerprint density at radius 3 is 3.00 bits per heavy atom. The number of rotatable bonds is 3. The molecule has 5 nitrogen and oxygen atoms in total. The molecule has 1 aromatic rings. The highest BCUT2D eigenvalue weighted by Crippen LogP contribution is 2.17. The third-order valence-electron chi connectivity index (χ3n) is 3.18. The molecule has 1 fully saturated rings. The quantitative estimate of drug-likeness (QED) is 0.816. The molecular weight excluding hydrogens is 214 g/mol. The van der Waals surface area contributed by atoms with Crippen LogP contribution in [0.4, 0.5) is 5.82 Å². The number of aromatic nitrogens is 2. The van der Waals surface area contributed by atoms with Gasteiger partial charge in [-0.1, -0.05) is 0 Å². The molecule has 0 aromatic carbocycles. The van der Waals surface area contributed by atoms with E-state index >= 15 is 0 Å². The lowest BCUT2D eigenvalue weighted by atomic mass is 9.93. The monoisotopic (exact) mass is 231 g/mol. The van der Waals surface area contributed by atoms with Gasteiger partial charge in [-0.05, 0) is 38.8 Å². The fraction of sp³-hybridized carbons (Fsp3) is 0.583. The van der Waals surface area contributed by atoms with E-state index in [9.17, 15) is 0 Å². The second kappa shape index (κ2) is 5.60. The summed E-state index contributed by atoms with van der Waals surface area (Å²) in [6.07, 6.45) is 5.58. The van der Waals surface area contributed by atoms with Crippen molar-refractivity contribution in [3.05, 3.63) is 18.1 Å². The van der Waals surface area contributed by atoms with Crippen LogP contribution in [0.5, 0.6) is 0 Å². The number of anilines is 1. The molecule has 17 heavy (non-hydrogen) atoms. The van der Waals surface area contributed by atoms with Crippen LogP contribution in [-0.4, -0.2) is 29.1 Å². The molecule has 90 valence electrons. The zero-order valence-corrected chi connectivity index (χ0v) is 9.98. The van der Waals surface area contributed by atoms with Crippen molar-refractivity contribution in [3.63, 3.8) is 0 Å². The summed E-state index contributed by atoms with van der Waals surface area (Å²) >= 11 is 0. The lowest BCUT2D eigenvalue weighted by Crippen LogP contribution is -2.38. The van der Waals surface area contributed by atoms with Gasteiger partial charge in [-0.3, -0.25) is 0 Å². The fourth-order valence-corrected chi connectivity index (χ4v) is 2.12. The largest absolute Gasteiger partial charge is 0.366 e. The Hall–Kier alpha value is -1.67. The summed E-state index contributed by atoms with van der Waals surface area (Å²) in [4.78, 5) is 8.16. The minimum absolute atomic E-state index is 0.350. The first-order chi connectivity index (χ1) is 8.29. The Kier molecular flexibility index (Phi) is 3.89. The van der Waals surface area contributed by atoms with E-state index in [1.165, 1.54) is 19.0 Å². The highest BCUT2D eigenvalue weighted by molar-refractivity contribution is 5.34. The molecule has 1 aromatic heterocycles. The molecule has 1 saturated heterocycles. The number of nitrogens with zero attached hydrogens (tertiary/aromatic N) is 3. The Labute approximate surface area is 101 Å². The molecule has 0 bridgehead atoms. The molecule has 2 heterocycles. The summed E-state index contributed by atoms with van der Waals surface area (Å²) in [5.41, 5.74) is 0.350. The maximum atomic E-state index is 8.63. The third-order valence-corrected chi connectivity index (χ3v) is 3.18. The normalized spacial score (nSPS) is 21.5. The van der Waals surface area contributed by atoms with Gasteiger partial charge in [0.1, 0.15) is 11.9 Å². The molecule has 0 aliphatic carbocycles. The van der Waals surface area contributed by atoms with Gasteiger partial charge in [0.05, 0.1) is 12.4 Å². The van der Waals surface area contributed by atoms with Crippen LogP contribution in [0, 0.1) is 17.2 Å². The van der Waals surface area contributed by atoms with E-state index < -0.39 is 0 Å². The van der Waals surface area contributed by atoms with Gasteiger partial charge >= 0.3 is 0 Å². The van der Waals surface area contributed by atoms with Crippen molar-refractivity contribution < 1.29 is 0 Å². The number of piperidine rings is 1. The SMILES string of the molecule is CC(Nc1cnc(C#N)cn1)C1CCCNC1. The molecule has 5 heteroatoms. The minimum Gasteiger partial charge on any atom is -0.366 e. The van der Waals surface area contributed by atoms with E-state index in [4.69, 9.17) is 5.26 Å². The van der Waals surface area contributed by atoms with E-state index in [2.05, 4.69) is 27.5 Å². The average molecular weight is 231 g/mol. The van der Waals surface area contributed by atoms with E-state index in [0.717, 1.165) is 18.9 Å². The summed E-state index contributed by atoms with van der Waals surface area (Å²) in [6, 6.07) is 2.33. The second-order valence-corrected chi connectivity index (χ2v) is 4.44. The number of nitrogens with one attached hydrogen (secondary N) is 2. The summed E-state index contributed by atoms with van der Waals surface area (Å²) in [6.45, 7) is 4.34. The Morgan fingerprint density at radius 1 is 1.53 bits per heavy atom.